The first-order valence-electron chi connectivity index (χ1n) is 5.59. The summed E-state index contributed by atoms with van der Waals surface area (Å²) in [5.74, 6) is 0.380. The van der Waals surface area contributed by atoms with Gasteiger partial charge in [-0.2, -0.15) is 0 Å². The molecule has 4 heteroatoms. The lowest BCUT2D eigenvalue weighted by Crippen LogP contribution is -2.21. The third-order valence-electron chi connectivity index (χ3n) is 2.41. The summed E-state index contributed by atoms with van der Waals surface area (Å²) in [6.07, 6.45) is 2.49. The van der Waals surface area contributed by atoms with E-state index in [4.69, 9.17) is 14.2 Å². The van der Waals surface area contributed by atoms with Crippen molar-refractivity contribution in [2.24, 2.45) is 0 Å². The third kappa shape index (κ3) is 3.68. The van der Waals surface area contributed by atoms with Crippen molar-refractivity contribution in [3.8, 4) is 5.75 Å². The maximum atomic E-state index is 11.6. The van der Waals surface area contributed by atoms with Crippen LogP contribution in [-0.4, -0.2) is 26.5 Å². The molecule has 98 valence electrons. The van der Waals surface area contributed by atoms with Crippen molar-refractivity contribution in [1.29, 1.82) is 0 Å². The lowest BCUT2D eigenvalue weighted by molar-refractivity contribution is -0.219. The summed E-state index contributed by atoms with van der Waals surface area (Å²) < 4.78 is 15.3. The monoisotopic (exact) mass is 250 g/mol. The SMILES string of the molecule is C=CCc1ccc(OC(OC)OC)c(C(C)=O)c1. The number of hydrogen-bond acceptors (Lipinski definition) is 4. The van der Waals surface area contributed by atoms with Crippen molar-refractivity contribution >= 4 is 5.78 Å². The van der Waals surface area contributed by atoms with E-state index in [0.29, 0.717) is 17.7 Å². The molecule has 1 aromatic rings. The van der Waals surface area contributed by atoms with E-state index >= 15 is 0 Å². The van der Waals surface area contributed by atoms with E-state index < -0.39 is 6.48 Å². The number of Topliss-reactive ketones (excluding diaryl/α,β-unsaturated/α-hetero) is 1. The molecule has 0 bridgehead atoms. The molecular formula is C14H18O4. The van der Waals surface area contributed by atoms with Crippen LogP contribution in [0, 0.1) is 0 Å². The zero-order valence-corrected chi connectivity index (χ0v) is 10.9. The van der Waals surface area contributed by atoms with Crippen molar-refractivity contribution in [3.05, 3.63) is 42.0 Å². The second-order valence-electron chi connectivity index (χ2n) is 3.76. The van der Waals surface area contributed by atoms with Crippen LogP contribution in [0.4, 0.5) is 0 Å². The molecule has 1 aromatic carbocycles. The molecule has 0 aliphatic heterocycles. The van der Waals surface area contributed by atoms with Crippen LogP contribution in [0.25, 0.3) is 0 Å². The number of carbonyl (C=O) groups excluding carboxylic acids is 1. The van der Waals surface area contributed by atoms with Crippen molar-refractivity contribution in [2.75, 3.05) is 14.2 Å². The number of allylic oxidation sites excluding steroid dienone is 1. The Labute approximate surface area is 107 Å². The summed E-state index contributed by atoms with van der Waals surface area (Å²) in [5, 5.41) is 0. The van der Waals surface area contributed by atoms with Crippen molar-refractivity contribution in [3.63, 3.8) is 0 Å². The van der Waals surface area contributed by atoms with E-state index in [0.717, 1.165) is 5.56 Å². The van der Waals surface area contributed by atoms with Crippen LogP contribution >= 0.6 is 0 Å². The van der Waals surface area contributed by atoms with Crippen molar-refractivity contribution in [1.82, 2.24) is 0 Å². The molecule has 0 aliphatic rings. The Bertz CT molecular complexity index is 422. The average molecular weight is 250 g/mol. The summed E-state index contributed by atoms with van der Waals surface area (Å²) in [4.78, 5) is 11.6. The predicted octanol–water partition coefficient (Wildman–Crippen LogP) is 2.57. The van der Waals surface area contributed by atoms with Gasteiger partial charge in [0.25, 0.3) is 0 Å². The Morgan fingerprint density at radius 3 is 2.56 bits per heavy atom. The molecule has 0 amide bonds. The first-order chi connectivity index (χ1) is 8.62. The van der Waals surface area contributed by atoms with Gasteiger partial charge in [0.15, 0.2) is 5.78 Å². The Hall–Kier alpha value is -1.65. The molecule has 18 heavy (non-hydrogen) atoms. The Balaban J connectivity index is 3.03. The lowest BCUT2D eigenvalue weighted by Gasteiger charge is -2.17. The quantitative estimate of drug-likeness (QED) is 0.424. The minimum Gasteiger partial charge on any atom is -0.440 e. The lowest BCUT2D eigenvalue weighted by atomic mass is 10.0. The third-order valence-corrected chi connectivity index (χ3v) is 2.41. The van der Waals surface area contributed by atoms with Crippen LogP contribution in [0.3, 0.4) is 0 Å². The smallest absolute Gasteiger partial charge is 0.315 e. The fourth-order valence-electron chi connectivity index (χ4n) is 1.54. The topological polar surface area (TPSA) is 44.8 Å². The highest BCUT2D eigenvalue weighted by Crippen LogP contribution is 2.22. The zero-order valence-electron chi connectivity index (χ0n) is 10.9. The van der Waals surface area contributed by atoms with Gasteiger partial charge in [-0.25, -0.2) is 0 Å². The number of rotatable bonds is 7. The predicted molar refractivity (Wildman–Crippen MR) is 68.8 cm³/mol. The van der Waals surface area contributed by atoms with E-state index in [1.807, 2.05) is 6.07 Å². The highest BCUT2D eigenvalue weighted by Gasteiger charge is 2.14. The normalized spacial score (nSPS) is 10.4. The van der Waals surface area contributed by atoms with E-state index in [-0.39, 0.29) is 5.78 Å². The molecular weight excluding hydrogens is 232 g/mol. The van der Waals surface area contributed by atoms with Crippen LogP contribution in [0.5, 0.6) is 5.75 Å². The average Bonchev–Trinajstić information content (AvgIpc) is 2.37. The second kappa shape index (κ2) is 6.93. The summed E-state index contributed by atoms with van der Waals surface area (Å²) in [6.45, 7) is 4.34. The van der Waals surface area contributed by atoms with Gasteiger partial charge in [-0.05, 0) is 31.0 Å². The van der Waals surface area contributed by atoms with Gasteiger partial charge in [0, 0.05) is 14.2 Å². The van der Waals surface area contributed by atoms with E-state index in [1.165, 1.54) is 21.1 Å². The Kier molecular flexibility index (Phi) is 5.55. The van der Waals surface area contributed by atoms with Crippen LogP contribution in [0.15, 0.2) is 30.9 Å². The van der Waals surface area contributed by atoms with Crippen LogP contribution in [0.2, 0.25) is 0 Å². The fraction of sp³-hybridized carbons (Fsp3) is 0.357. The molecule has 0 saturated heterocycles. The molecule has 0 spiro atoms. The standard InChI is InChI=1S/C14H18O4/c1-5-6-11-7-8-13(12(9-11)10(2)15)18-14(16-3)17-4/h5,7-9,14H,1,6H2,2-4H3. The molecule has 0 radical (unpaired) electrons. The van der Waals surface area contributed by atoms with Gasteiger partial charge in [0.05, 0.1) is 5.56 Å². The summed E-state index contributed by atoms with van der Waals surface area (Å²) in [7, 11) is 2.93. The molecule has 0 saturated carbocycles. The zero-order chi connectivity index (χ0) is 13.5. The molecule has 0 atom stereocenters. The van der Waals surface area contributed by atoms with Crippen LogP contribution < -0.4 is 4.74 Å². The number of ether oxygens (including phenoxy) is 3. The molecule has 0 aliphatic carbocycles. The highest BCUT2D eigenvalue weighted by molar-refractivity contribution is 5.97. The summed E-state index contributed by atoms with van der Waals surface area (Å²) >= 11 is 0. The van der Waals surface area contributed by atoms with Gasteiger partial charge >= 0.3 is 6.48 Å². The summed E-state index contributed by atoms with van der Waals surface area (Å²) in [6, 6.07) is 5.41. The maximum absolute atomic E-state index is 11.6. The highest BCUT2D eigenvalue weighted by atomic mass is 16.8. The molecule has 0 fully saturated rings. The van der Waals surface area contributed by atoms with E-state index in [2.05, 4.69) is 6.58 Å². The second-order valence-corrected chi connectivity index (χ2v) is 3.76. The summed E-state index contributed by atoms with van der Waals surface area (Å²) in [5.41, 5.74) is 1.52. The number of hydrogen-bond donors (Lipinski definition) is 0. The molecule has 0 unspecified atom stereocenters. The van der Waals surface area contributed by atoms with Gasteiger partial charge in [0.2, 0.25) is 0 Å². The van der Waals surface area contributed by atoms with Gasteiger partial charge in [-0.15, -0.1) is 6.58 Å². The number of methoxy groups -OCH3 is 2. The fourth-order valence-corrected chi connectivity index (χ4v) is 1.54. The number of carbonyl (C=O) groups is 1. The number of ketones is 1. The molecule has 0 N–H and O–H groups in total. The van der Waals surface area contributed by atoms with Gasteiger partial charge in [-0.3, -0.25) is 4.79 Å². The minimum absolute atomic E-state index is 0.0677. The Morgan fingerprint density at radius 1 is 1.39 bits per heavy atom. The van der Waals surface area contributed by atoms with E-state index in [1.54, 1.807) is 18.2 Å². The maximum Gasteiger partial charge on any atom is 0.315 e. The number of benzene rings is 1. The molecule has 1 rings (SSSR count). The van der Waals surface area contributed by atoms with Gasteiger partial charge in [0.1, 0.15) is 5.75 Å². The minimum atomic E-state index is -0.826. The first-order valence-corrected chi connectivity index (χ1v) is 5.59. The van der Waals surface area contributed by atoms with Gasteiger partial charge in [-0.1, -0.05) is 12.1 Å². The van der Waals surface area contributed by atoms with E-state index in [9.17, 15) is 4.79 Å². The van der Waals surface area contributed by atoms with Gasteiger partial charge < -0.3 is 14.2 Å². The molecule has 4 nitrogen and oxygen atoms in total. The van der Waals surface area contributed by atoms with Crippen molar-refractivity contribution < 1.29 is 19.0 Å². The Morgan fingerprint density at radius 2 is 2.06 bits per heavy atom. The molecule has 0 heterocycles. The van der Waals surface area contributed by atoms with Crippen molar-refractivity contribution in [2.45, 2.75) is 19.8 Å². The molecule has 0 aromatic heterocycles. The first kappa shape index (κ1) is 14.4. The largest absolute Gasteiger partial charge is 0.440 e. The van der Waals surface area contributed by atoms with Crippen LogP contribution in [0.1, 0.15) is 22.8 Å². The van der Waals surface area contributed by atoms with Crippen LogP contribution in [-0.2, 0) is 15.9 Å².